The van der Waals surface area contributed by atoms with Gasteiger partial charge in [0, 0.05) is 19.1 Å². The van der Waals surface area contributed by atoms with Gasteiger partial charge in [0.2, 0.25) is 10.1 Å². The molecule has 1 heterocycles. The molecule has 0 aliphatic heterocycles. The van der Waals surface area contributed by atoms with Gasteiger partial charge in [-0.1, -0.05) is 11.3 Å². The molecule has 2 N–H and O–H groups in total. The van der Waals surface area contributed by atoms with Crippen molar-refractivity contribution in [3.63, 3.8) is 0 Å². The molecule has 0 unspecified atom stereocenters. The van der Waals surface area contributed by atoms with Gasteiger partial charge in [0.05, 0.1) is 6.61 Å². The molecule has 17 heavy (non-hydrogen) atoms. The zero-order valence-corrected chi connectivity index (χ0v) is 11.1. The quantitative estimate of drug-likeness (QED) is 0.789. The van der Waals surface area contributed by atoms with Crippen molar-refractivity contribution >= 4 is 22.4 Å². The van der Waals surface area contributed by atoms with E-state index in [0.29, 0.717) is 16.7 Å². The first-order valence-electron chi connectivity index (χ1n) is 5.59. The van der Waals surface area contributed by atoms with Crippen molar-refractivity contribution < 1.29 is 9.90 Å². The van der Waals surface area contributed by atoms with Crippen LogP contribution < -0.4 is 5.32 Å². The van der Waals surface area contributed by atoms with E-state index in [0.717, 1.165) is 6.54 Å². The van der Waals surface area contributed by atoms with Crippen LogP contribution in [0.2, 0.25) is 0 Å². The molecule has 96 valence electrons. The summed E-state index contributed by atoms with van der Waals surface area (Å²) in [6.07, 6.45) is 0. The van der Waals surface area contributed by atoms with E-state index in [2.05, 4.69) is 15.5 Å². The summed E-state index contributed by atoms with van der Waals surface area (Å²) >= 11 is 1.23. The maximum atomic E-state index is 12.1. The average Bonchev–Trinajstić information content (AvgIpc) is 2.73. The number of aromatic nitrogens is 2. The van der Waals surface area contributed by atoms with E-state index < -0.39 is 0 Å². The number of hydrogen-bond acceptors (Lipinski definition) is 6. The topological polar surface area (TPSA) is 78.4 Å². The number of amides is 1. The van der Waals surface area contributed by atoms with E-state index in [1.807, 2.05) is 20.8 Å². The minimum Gasteiger partial charge on any atom is -0.395 e. The molecular weight excluding hydrogens is 240 g/mol. The number of aliphatic hydroxyl groups is 1. The van der Waals surface area contributed by atoms with Crippen LogP contribution in [0.4, 0.5) is 5.13 Å². The first-order chi connectivity index (χ1) is 8.10. The molecule has 0 aliphatic carbocycles. The van der Waals surface area contributed by atoms with Gasteiger partial charge in [-0.3, -0.25) is 4.79 Å². The Hall–Kier alpha value is -1.21. The zero-order valence-electron chi connectivity index (χ0n) is 10.3. The van der Waals surface area contributed by atoms with Crippen LogP contribution in [-0.4, -0.2) is 51.8 Å². The van der Waals surface area contributed by atoms with Crippen LogP contribution in [0.25, 0.3) is 0 Å². The van der Waals surface area contributed by atoms with Crippen molar-refractivity contribution in [1.82, 2.24) is 15.1 Å². The van der Waals surface area contributed by atoms with E-state index in [1.54, 1.807) is 4.90 Å². The van der Waals surface area contributed by atoms with Crippen LogP contribution in [0, 0.1) is 0 Å². The SMILES string of the molecule is CCNc1nnc(C(=O)N(CCO)C(C)C)s1. The molecule has 7 heteroatoms. The Kier molecular flexibility index (Phi) is 5.30. The summed E-state index contributed by atoms with van der Waals surface area (Å²) in [6, 6.07) is 0.0288. The number of carbonyl (C=O) groups excluding carboxylic acids is 1. The van der Waals surface area contributed by atoms with Gasteiger partial charge in [-0.15, -0.1) is 10.2 Å². The molecule has 0 spiro atoms. The fourth-order valence-corrected chi connectivity index (χ4v) is 2.12. The molecule has 0 saturated carbocycles. The third-order valence-electron chi connectivity index (χ3n) is 2.16. The van der Waals surface area contributed by atoms with E-state index in [1.165, 1.54) is 11.3 Å². The summed E-state index contributed by atoms with van der Waals surface area (Å²) in [7, 11) is 0. The summed E-state index contributed by atoms with van der Waals surface area (Å²) in [5, 5.41) is 20.7. The highest BCUT2D eigenvalue weighted by molar-refractivity contribution is 7.17. The first kappa shape index (κ1) is 13.9. The Labute approximate surface area is 105 Å². The minimum atomic E-state index is -0.185. The molecule has 0 saturated heterocycles. The molecule has 1 rings (SSSR count). The largest absolute Gasteiger partial charge is 0.395 e. The number of aliphatic hydroxyl groups excluding tert-OH is 1. The average molecular weight is 258 g/mol. The fraction of sp³-hybridized carbons (Fsp3) is 0.700. The van der Waals surface area contributed by atoms with Crippen LogP contribution in [0.1, 0.15) is 30.6 Å². The van der Waals surface area contributed by atoms with Crippen LogP contribution >= 0.6 is 11.3 Å². The van der Waals surface area contributed by atoms with Gasteiger partial charge >= 0.3 is 0 Å². The lowest BCUT2D eigenvalue weighted by molar-refractivity contribution is 0.0664. The van der Waals surface area contributed by atoms with Gasteiger partial charge in [0.25, 0.3) is 5.91 Å². The Morgan fingerprint density at radius 3 is 2.76 bits per heavy atom. The smallest absolute Gasteiger partial charge is 0.285 e. The Balaban J connectivity index is 2.78. The van der Waals surface area contributed by atoms with Crippen LogP contribution in [-0.2, 0) is 0 Å². The predicted molar refractivity (Wildman–Crippen MR) is 67.3 cm³/mol. The zero-order chi connectivity index (χ0) is 12.8. The third kappa shape index (κ3) is 3.64. The predicted octanol–water partition coefficient (Wildman–Crippen LogP) is 0.813. The van der Waals surface area contributed by atoms with Crippen molar-refractivity contribution in [3.05, 3.63) is 5.01 Å². The van der Waals surface area contributed by atoms with Crippen molar-refractivity contribution in [1.29, 1.82) is 0 Å². The van der Waals surface area contributed by atoms with E-state index in [4.69, 9.17) is 5.11 Å². The molecule has 0 atom stereocenters. The third-order valence-corrected chi connectivity index (χ3v) is 3.03. The van der Waals surface area contributed by atoms with Crippen molar-refractivity contribution in [2.45, 2.75) is 26.8 Å². The molecule has 1 aromatic rings. The summed E-state index contributed by atoms with van der Waals surface area (Å²) in [5.74, 6) is -0.185. The highest BCUT2D eigenvalue weighted by Crippen LogP contribution is 2.17. The summed E-state index contributed by atoms with van der Waals surface area (Å²) in [6.45, 7) is 6.76. The number of nitrogens with one attached hydrogen (secondary N) is 1. The van der Waals surface area contributed by atoms with E-state index in [9.17, 15) is 4.79 Å². The lowest BCUT2D eigenvalue weighted by atomic mass is 10.3. The molecule has 0 aliphatic rings. The van der Waals surface area contributed by atoms with Crippen molar-refractivity contribution in [2.24, 2.45) is 0 Å². The van der Waals surface area contributed by atoms with Gasteiger partial charge in [-0.2, -0.15) is 0 Å². The van der Waals surface area contributed by atoms with Crippen LogP contribution in [0.15, 0.2) is 0 Å². The van der Waals surface area contributed by atoms with E-state index >= 15 is 0 Å². The molecule has 0 fully saturated rings. The van der Waals surface area contributed by atoms with Crippen LogP contribution in [0.5, 0.6) is 0 Å². The monoisotopic (exact) mass is 258 g/mol. The normalized spacial score (nSPS) is 10.6. The molecule has 1 amide bonds. The Morgan fingerprint density at radius 1 is 1.53 bits per heavy atom. The maximum Gasteiger partial charge on any atom is 0.285 e. The summed E-state index contributed by atoms with van der Waals surface area (Å²) in [5.41, 5.74) is 0. The van der Waals surface area contributed by atoms with Gasteiger partial charge in [0.15, 0.2) is 0 Å². The summed E-state index contributed by atoms with van der Waals surface area (Å²) in [4.78, 5) is 13.7. The second-order valence-corrected chi connectivity index (χ2v) is 4.74. The highest BCUT2D eigenvalue weighted by atomic mass is 32.1. The van der Waals surface area contributed by atoms with Gasteiger partial charge in [-0.25, -0.2) is 0 Å². The van der Waals surface area contributed by atoms with Crippen molar-refractivity contribution in [3.8, 4) is 0 Å². The standard InChI is InChI=1S/C10H18N4O2S/c1-4-11-10-13-12-8(17-10)9(16)14(5-6-15)7(2)3/h7,15H,4-6H2,1-3H3,(H,11,13). The first-order valence-corrected chi connectivity index (χ1v) is 6.41. The lowest BCUT2D eigenvalue weighted by Gasteiger charge is -2.24. The Bertz CT molecular complexity index is 367. The molecule has 0 aromatic carbocycles. The van der Waals surface area contributed by atoms with Gasteiger partial charge in [0.1, 0.15) is 0 Å². The fourth-order valence-electron chi connectivity index (χ4n) is 1.36. The van der Waals surface area contributed by atoms with Crippen LogP contribution in [0.3, 0.4) is 0 Å². The number of rotatable bonds is 6. The summed E-state index contributed by atoms with van der Waals surface area (Å²) < 4.78 is 0. The molecule has 0 bridgehead atoms. The number of carbonyl (C=O) groups is 1. The van der Waals surface area contributed by atoms with Gasteiger partial charge < -0.3 is 15.3 Å². The number of anilines is 1. The molecule has 1 aromatic heterocycles. The maximum absolute atomic E-state index is 12.1. The minimum absolute atomic E-state index is 0.0288. The molecule has 0 radical (unpaired) electrons. The van der Waals surface area contributed by atoms with E-state index in [-0.39, 0.29) is 18.6 Å². The Morgan fingerprint density at radius 2 is 2.24 bits per heavy atom. The number of hydrogen-bond donors (Lipinski definition) is 2. The van der Waals surface area contributed by atoms with Crippen molar-refractivity contribution in [2.75, 3.05) is 25.0 Å². The second-order valence-electron chi connectivity index (χ2n) is 3.76. The second kappa shape index (κ2) is 6.51. The lowest BCUT2D eigenvalue weighted by Crippen LogP contribution is -2.38. The number of nitrogens with zero attached hydrogens (tertiary/aromatic N) is 3. The highest BCUT2D eigenvalue weighted by Gasteiger charge is 2.21. The van der Waals surface area contributed by atoms with Gasteiger partial charge in [-0.05, 0) is 20.8 Å². The molecular formula is C10H18N4O2S. The molecule has 6 nitrogen and oxygen atoms in total.